The molecule has 1 aromatic rings. The van der Waals surface area contributed by atoms with Crippen LogP contribution in [0.2, 0.25) is 5.02 Å². The van der Waals surface area contributed by atoms with E-state index in [0.717, 1.165) is 55.2 Å². The first kappa shape index (κ1) is 14.2. The van der Waals surface area contributed by atoms with Crippen molar-refractivity contribution < 1.29 is 9.84 Å². The van der Waals surface area contributed by atoms with Gasteiger partial charge in [-0.1, -0.05) is 24.4 Å². The number of ether oxygens (including phenoxy) is 1. The van der Waals surface area contributed by atoms with Crippen molar-refractivity contribution >= 4 is 11.6 Å². The summed E-state index contributed by atoms with van der Waals surface area (Å²) < 4.78 is 5.75. The molecular weight excluding hydrogens is 274 g/mol. The van der Waals surface area contributed by atoms with E-state index < -0.39 is 0 Å². The molecule has 0 saturated heterocycles. The molecule has 20 heavy (non-hydrogen) atoms. The third-order valence-electron chi connectivity index (χ3n) is 4.51. The van der Waals surface area contributed by atoms with Crippen LogP contribution in [0, 0.1) is 0 Å². The summed E-state index contributed by atoms with van der Waals surface area (Å²) in [6.07, 6.45) is 5.07. The van der Waals surface area contributed by atoms with E-state index in [0.29, 0.717) is 0 Å². The molecule has 1 aromatic carbocycles. The maximum Gasteiger partial charge on any atom is 0.127 e. The lowest BCUT2D eigenvalue weighted by Crippen LogP contribution is -2.42. The summed E-state index contributed by atoms with van der Waals surface area (Å²) in [5, 5.41) is 10.9. The Morgan fingerprint density at radius 3 is 2.95 bits per heavy atom. The van der Waals surface area contributed by atoms with E-state index in [1.165, 1.54) is 12.0 Å². The van der Waals surface area contributed by atoms with Gasteiger partial charge in [-0.2, -0.15) is 0 Å². The number of hydrogen-bond acceptors (Lipinski definition) is 3. The summed E-state index contributed by atoms with van der Waals surface area (Å²) in [4.78, 5) is 2.25. The van der Waals surface area contributed by atoms with Gasteiger partial charge in [0.2, 0.25) is 0 Å². The third-order valence-corrected chi connectivity index (χ3v) is 4.72. The first-order chi connectivity index (χ1) is 9.65. The van der Waals surface area contributed by atoms with Gasteiger partial charge >= 0.3 is 0 Å². The second-order valence-corrected chi connectivity index (χ2v) is 6.42. The molecule has 0 amide bonds. The van der Waals surface area contributed by atoms with Crippen LogP contribution in [0.1, 0.15) is 36.8 Å². The van der Waals surface area contributed by atoms with Crippen LogP contribution >= 0.6 is 11.6 Å². The minimum Gasteiger partial charge on any atom is -0.493 e. The number of benzene rings is 1. The van der Waals surface area contributed by atoms with Crippen LogP contribution in [-0.2, 0) is 13.0 Å². The predicted octanol–water partition coefficient (Wildman–Crippen LogP) is 3.01. The summed E-state index contributed by atoms with van der Waals surface area (Å²) in [5.41, 5.74) is 2.36. The van der Waals surface area contributed by atoms with Crippen LogP contribution < -0.4 is 4.74 Å². The molecule has 1 N–H and O–H groups in total. The fourth-order valence-corrected chi connectivity index (χ4v) is 3.72. The van der Waals surface area contributed by atoms with E-state index in [4.69, 9.17) is 16.3 Å². The number of nitrogens with zero attached hydrogens (tertiary/aromatic N) is 1. The summed E-state index contributed by atoms with van der Waals surface area (Å²) in [6, 6.07) is 4.25. The average Bonchev–Trinajstić information content (AvgIpc) is 2.87. The monoisotopic (exact) mass is 295 g/mol. The van der Waals surface area contributed by atoms with Gasteiger partial charge in [0.05, 0.1) is 12.7 Å². The Morgan fingerprint density at radius 1 is 1.35 bits per heavy atom. The van der Waals surface area contributed by atoms with Gasteiger partial charge in [0.15, 0.2) is 0 Å². The van der Waals surface area contributed by atoms with Crippen LogP contribution in [0.25, 0.3) is 0 Å². The standard InChI is InChI=1S/C16H22ClNO2/c1-18(14-4-2-3-5-15(14)19)10-12-9-13(17)8-11-6-7-20-16(11)12/h8-9,14-15,19H,2-7,10H2,1H3. The molecule has 0 aromatic heterocycles. The van der Waals surface area contributed by atoms with E-state index in [2.05, 4.69) is 11.9 Å². The fraction of sp³-hybridized carbons (Fsp3) is 0.625. The third kappa shape index (κ3) is 2.80. The van der Waals surface area contributed by atoms with Gasteiger partial charge in [-0.3, -0.25) is 4.90 Å². The van der Waals surface area contributed by atoms with Crippen molar-refractivity contribution in [3.63, 3.8) is 0 Å². The Morgan fingerprint density at radius 2 is 2.15 bits per heavy atom. The molecule has 1 heterocycles. The Hall–Kier alpha value is -0.770. The van der Waals surface area contributed by atoms with Crippen LogP contribution in [0.3, 0.4) is 0 Å². The molecule has 1 saturated carbocycles. The van der Waals surface area contributed by atoms with E-state index in [9.17, 15) is 5.11 Å². The maximum atomic E-state index is 10.2. The molecule has 1 aliphatic heterocycles. The van der Waals surface area contributed by atoms with E-state index in [1.807, 2.05) is 12.1 Å². The molecule has 3 nitrogen and oxygen atoms in total. The highest BCUT2D eigenvalue weighted by atomic mass is 35.5. The second kappa shape index (κ2) is 5.92. The van der Waals surface area contributed by atoms with E-state index >= 15 is 0 Å². The maximum absolute atomic E-state index is 10.2. The van der Waals surface area contributed by atoms with Gasteiger partial charge in [0, 0.05) is 29.6 Å². The van der Waals surface area contributed by atoms with Gasteiger partial charge in [-0.15, -0.1) is 0 Å². The second-order valence-electron chi connectivity index (χ2n) is 5.99. The molecule has 3 rings (SSSR count). The molecule has 0 spiro atoms. The summed E-state index contributed by atoms with van der Waals surface area (Å²) >= 11 is 6.20. The number of aliphatic hydroxyl groups excluding tert-OH is 1. The Bertz CT molecular complexity index is 492. The van der Waals surface area contributed by atoms with Gasteiger partial charge in [0.25, 0.3) is 0 Å². The van der Waals surface area contributed by atoms with Crippen molar-refractivity contribution in [3.05, 3.63) is 28.3 Å². The zero-order valence-electron chi connectivity index (χ0n) is 11.9. The minimum atomic E-state index is -0.207. The minimum absolute atomic E-state index is 0.207. The highest BCUT2D eigenvalue weighted by Gasteiger charge is 2.28. The molecule has 1 aliphatic carbocycles. The highest BCUT2D eigenvalue weighted by Crippen LogP contribution is 2.34. The Balaban J connectivity index is 1.77. The van der Waals surface area contributed by atoms with Gasteiger partial charge in [-0.25, -0.2) is 0 Å². The fourth-order valence-electron chi connectivity index (χ4n) is 3.46. The zero-order valence-corrected chi connectivity index (χ0v) is 12.7. The molecule has 0 bridgehead atoms. The Kier molecular flexibility index (Phi) is 4.20. The Labute approximate surface area is 125 Å². The number of aliphatic hydroxyl groups is 1. The van der Waals surface area contributed by atoms with Crippen LogP contribution in [0.15, 0.2) is 12.1 Å². The number of halogens is 1. The van der Waals surface area contributed by atoms with Crippen LogP contribution in [0.5, 0.6) is 5.75 Å². The van der Waals surface area contributed by atoms with Gasteiger partial charge < -0.3 is 9.84 Å². The molecule has 2 aliphatic rings. The molecule has 4 heteroatoms. The van der Waals surface area contributed by atoms with Crippen molar-refractivity contribution in [2.24, 2.45) is 0 Å². The van der Waals surface area contributed by atoms with Gasteiger partial charge in [0.1, 0.15) is 5.75 Å². The topological polar surface area (TPSA) is 32.7 Å². The van der Waals surface area contributed by atoms with E-state index in [1.54, 1.807) is 0 Å². The SMILES string of the molecule is CN(Cc1cc(Cl)cc2c1OCC2)C1CCCCC1O. The molecule has 2 atom stereocenters. The van der Waals surface area contributed by atoms with Crippen molar-refractivity contribution in [1.82, 2.24) is 4.90 Å². The lowest BCUT2D eigenvalue weighted by Gasteiger charge is -2.35. The number of rotatable bonds is 3. The number of hydrogen-bond donors (Lipinski definition) is 1. The number of likely N-dealkylation sites (N-methyl/N-ethyl adjacent to an activating group) is 1. The number of fused-ring (bicyclic) bond motifs is 1. The summed E-state index contributed by atoms with van der Waals surface area (Å²) in [6.45, 7) is 1.53. The molecule has 110 valence electrons. The van der Waals surface area contributed by atoms with Gasteiger partial charge in [-0.05, 0) is 37.6 Å². The van der Waals surface area contributed by atoms with Crippen LogP contribution in [0.4, 0.5) is 0 Å². The largest absolute Gasteiger partial charge is 0.493 e. The molecule has 2 unspecified atom stereocenters. The van der Waals surface area contributed by atoms with Crippen molar-refractivity contribution in [2.75, 3.05) is 13.7 Å². The smallest absolute Gasteiger partial charge is 0.127 e. The summed E-state index contributed by atoms with van der Waals surface area (Å²) in [5.74, 6) is 1.01. The van der Waals surface area contributed by atoms with Crippen molar-refractivity contribution in [3.8, 4) is 5.75 Å². The average molecular weight is 296 g/mol. The zero-order chi connectivity index (χ0) is 14.1. The molecular formula is C16H22ClNO2. The molecule has 1 fully saturated rings. The van der Waals surface area contributed by atoms with E-state index in [-0.39, 0.29) is 12.1 Å². The lowest BCUT2D eigenvalue weighted by molar-refractivity contribution is 0.0285. The first-order valence-electron chi connectivity index (χ1n) is 7.47. The van der Waals surface area contributed by atoms with Crippen LogP contribution in [-0.4, -0.2) is 35.8 Å². The predicted molar refractivity (Wildman–Crippen MR) is 80.4 cm³/mol. The van der Waals surface area contributed by atoms with Crippen molar-refractivity contribution in [2.45, 2.75) is 50.8 Å². The van der Waals surface area contributed by atoms with Crippen molar-refractivity contribution in [1.29, 1.82) is 0 Å². The lowest BCUT2D eigenvalue weighted by atomic mass is 9.91. The molecule has 0 radical (unpaired) electrons. The summed E-state index contributed by atoms with van der Waals surface area (Å²) in [7, 11) is 2.08. The highest BCUT2D eigenvalue weighted by molar-refractivity contribution is 6.30. The quantitative estimate of drug-likeness (QED) is 0.930. The first-order valence-corrected chi connectivity index (χ1v) is 7.85. The normalized spacial score (nSPS) is 25.6.